The van der Waals surface area contributed by atoms with Crippen LogP contribution in [-0.4, -0.2) is 36.9 Å². The van der Waals surface area contributed by atoms with Gasteiger partial charge in [0.2, 0.25) is 5.91 Å². The van der Waals surface area contributed by atoms with Crippen LogP contribution in [0, 0.1) is 12.8 Å². The molecule has 0 saturated carbocycles. The van der Waals surface area contributed by atoms with Gasteiger partial charge < -0.3 is 19.4 Å². The van der Waals surface area contributed by atoms with Crippen molar-refractivity contribution in [3.05, 3.63) is 46.9 Å². The van der Waals surface area contributed by atoms with Crippen LogP contribution >= 0.6 is 11.6 Å². The summed E-state index contributed by atoms with van der Waals surface area (Å²) >= 11 is 6.11. The third-order valence-electron chi connectivity index (χ3n) is 4.55. The van der Waals surface area contributed by atoms with Gasteiger partial charge in [-0.3, -0.25) is 9.59 Å². The third kappa shape index (κ3) is 3.85. The number of nitrogens with one attached hydrogen (secondary N) is 1. The van der Waals surface area contributed by atoms with Crippen LogP contribution in [0.1, 0.15) is 29.0 Å². The average molecular weight is 377 g/mol. The Morgan fingerprint density at radius 2 is 2.19 bits per heavy atom. The van der Waals surface area contributed by atoms with E-state index in [1.54, 1.807) is 29.2 Å². The SMILES string of the molecule is COc1cc(Cl)c(C)cc1NC(=O)C1CCCN(C(=O)c2ccco2)C1. The molecule has 1 aliphatic rings. The zero-order valence-electron chi connectivity index (χ0n) is 14.8. The number of benzene rings is 1. The molecule has 1 saturated heterocycles. The Morgan fingerprint density at radius 1 is 1.38 bits per heavy atom. The first-order valence-corrected chi connectivity index (χ1v) is 8.85. The fourth-order valence-electron chi connectivity index (χ4n) is 3.10. The predicted octanol–water partition coefficient (Wildman–Crippen LogP) is 3.74. The Labute approximate surface area is 157 Å². The smallest absolute Gasteiger partial charge is 0.289 e. The molecule has 2 heterocycles. The van der Waals surface area contributed by atoms with E-state index < -0.39 is 0 Å². The zero-order valence-corrected chi connectivity index (χ0v) is 15.5. The molecule has 26 heavy (non-hydrogen) atoms. The van der Waals surface area contributed by atoms with Crippen molar-refractivity contribution in [3.8, 4) is 5.75 Å². The number of amides is 2. The topological polar surface area (TPSA) is 71.8 Å². The Kier molecular flexibility index (Phi) is 5.52. The maximum absolute atomic E-state index is 12.7. The lowest BCUT2D eigenvalue weighted by molar-refractivity contribution is -0.121. The standard InChI is InChI=1S/C19H21ClN2O4/c1-12-9-15(17(25-2)10-14(12)20)21-18(23)13-5-3-7-22(11-13)19(24)16-6-4-8-26-16/h4,6,8-10,13H,3,5,7,11H2,1-2H3,(H,21,23). The van der Waals surface area contributed by atoms with Crippen molar-refractivity contribution in [2.24, 2.45) is 5.92 Å². The second-order valence-corrected chi connectivity index (χ2v) is 6.77. The summed E-state index contributed by atoms with van der Waals surface area (Å²) in [4.78, 5) is 26.8. The first-order chi connectivity index (χ1) is 12.5. The van der Waals surface area contributed by atoms with Gasteiger partial charge in [-0.05, 0) is 43.5 Å². The minimum absolute atomic E-state index is 0.137. The number of hydrogen-bond acceptors (Lipinski definition) is 4. The number of rotatable bonds is 4. The molecule has 1 fully saturated rings. The lowest BCUT2D eigenvalue weighted by atomic mass is 9.96. The Hall–Kier alpha value is -2.47. The van der Waals surface area contributed by atoms with E-state index in [2.05, 4.69) is 5.32 Å². The molecule has 0 aliphatic carbocycles. The van der Waals surface area contributed by atoms with Crippen LogP contribution in [0.4, 0.5) is 5.69 Å². The van der Waals surface area contributed by atoms with Gasteiger partial charge in [-0.2, -0.15) is 0 Å². The highest BCUT2D eigenvalue weighted by atomic mass is 35.5. The van der Waals surface area contributed by atoms with Crippen LogP contribution in [0.2, 0.25) is 5.02 Å². The number of halogens is 1. The minimum atomic E-state index is -0.289. The van der Waals surface area contributed by atoms with Crippen LogP contribution in [0.5, 0.6) is 5.75 Å². The second-order valence-electron chi connectivity index (χ2n) is 6.36. The van der Waals surface area contributed by atoms with E-state index in [1.165, 1.54) is 13.4 Å². The molecule has 0 spiro atoms. The fraction of sp³-hybridized carbons (Fsp3) is 0.368. The van der Waals surface area contributed by atoms with Gasteiger partial charge in [-0.15, -0.1) is 0 Å². The van der Waals surface area contributed by atoms with Gasteiger partial charge >= 0.3 is 0 Å². The number of carbonyl (C=O) groups excluding carboxylic acids is 2. The highest BCUT2D eigenvalue weighted by Crippen LogP contribution is 2.32. The lowest BCUT2D eigenvalue weighted by Crippen LogP contribution is -2.43. The Bertz CT molecular complexity index is 804. The van der Waals surface area contributed by atoms with Crippen molar-refractivity contribution in [1.82, 2.24) is 4.90 Å². The summed E-state index contributed by atoms with van der Waals surface area (Å²) in [6, 6.07) is 6.78. The number of aryl methyl sites for hydroxylation is 1. The van der Waals surface area contributed by atoms with Gasteiger partial charge in [0.25, 0.3) is 5.91 Å². The average Bonchev–Trinajstić information content (AvgIpc) is 3.18. The minimum Gasteiger partial charge on any atom is -0.495 e. The van der Waals surface area contributed by atoms with Gasteiger partial charge in [-0.1, -0.05) is 11.6 Å². The number of carbonyl (C=O) groups is 2. The molecule has 6 nitrogen and oxygen atoms in total. The monoisotopic (exact) mass is 376 g/mol. The fourth-order valence-corrected chi connectivity index (χ4v) is 3.25. The zero-order chi connectivity index (χ0) is 18.7. The van der Waals surface area contributed by atoms with Gasteiger partial charge in [0.15, 0.2) is 5.76 Å². The van der Waals surface area contributed by atoms with Crippen LogP contribution in [0.3, 0.4) is 0 Å². The molecule has 1 N–H and O–H groups in total. The molecule has 0 radical (unpaired) electrons. The van der Waals surface area contributed by atoms with Crippen LogP contribution < -0.4 is 10.1 Å². The molecule has 2 amide bonds. The van der Waals surface area contributed by atoms with E-state index in [1.807, 2.05) is 6.92 Å². The highest BCUT2D eigenvalue weighted by Gasteiger charge is 2.30. The largest absolute Gasteiger partial charge is 0.495 e. The van der Waals surface area contributed by atoms with Crippen molar-refractivity contribution in [2.45, 2.75) is 19.8 Å². The summed E-state index contributed by atoms with van der Waals surface area (Å²) in [7, 11) is 1.53. The van der Waals surface area contributed by atoms with E-state index in [-0.39, 0.29) is 17.7 Å². The summed E-state index contributed by atoms with van der Waals surface area (Å²) in [5, 5.41) is 3.49. The Morgan fingerprint density at radius 3 is 2.88 bits per heavy atom. The van der Waals surface area contributed by atoms with Crippen molar-refractivity contribution >= 4 is 29.1 Å². The number of piperidine rings is 1. The van der Waals surface area contributed by atoms with E-state index in [4.69, 9.17) is 20.8 Å². The number of methoxy groups -OCH3 is 1. The quantitative estimate of drug-likeness (QED) is 0.882. The van der Waals surface area contributed by atoms with Crippen LogP contribution in [0.25, 0.3) is 0 Å². The summed E-state index contributed by atoms with van der Waals surface area (Å²) in [6.07, 6.45) is 2.96. The first kappa shape index (κ1) is 18.3. The predicted molar refractivity (Wildman–Crippen MR) is 98.7 cm³/mol. The summed E-state index contributed by atoms with van der Waals surface area (Å²) in [5.41, 5.74) is 1.43. The van der Waals surface area contributed by atoms with E-state index in [0.29, 0.717) is 35.3 Å². The molecule has 3 rings (SSSR count). The normalized spacial score (nSPS) is 17.0. The second kappa shape index (κ2) is 7.83. The molecule has 1 aromatic heterocycles. The van der Waals surface area contributed by atoms with Gasteiger partial charge in [0.1, 0.15) is 5.75 Å². The number of ether oxygens (including phenoxy) is 1. The molecule has 138 valence electrons. The third-order valence-corrected chi connectivity index (χ3v) is 4.96. The van der Waals surface area contributed by atoms with Crippen LogP contribution in [0.15, 0.2) is 34.9 Å². The van der Waals surface area contributed by atoms with E-state index in [9.17, 15) is 9.59 Å². The van der Waals surface area contributed by atoms with Crippen molar-refractivity contribution in [2.75, 3.05) is 25.5 Å². The van der Waals surface area contributed by atoms with Crippen molar-refractivity contribution < 1.29 is 18.7 Å². The number of nitrogens with zero attached hydrogens (tertiary/aromatic N) is 1. The highest BCUT2D eigenvalue weighted by molar-refractivity contribution is 6.31. The molecule has 0 bridgehead atoms. The Balaban J connectivity index is 1.70. The molecule has 7 heteroatoms. The maximum atomic E-state index is 12.7. The van der Waals surface area contributed by atoms with Crippen LogP contribution in [-0.2, 0) is 4.79 Å². The van der Waals surface area contributed by atoms with E-state index >= 15 is 0 Å². The number of furan rings is 1. The molecule has 1 aliphatic heterocycles. The first-order valence-electron chi connectivity index (χ1n) is 8.47. The van der Waals surface area contributed by atoms with E-state index in [0.717, 1.165) is 18.4 Å². The molecule has 1 unspecified atom stereocenters. The van der Waals surface area contributed by atoms with Crippen molar-refractivity contribution in [3.63, 3.8) is 0 Å². The molecule has 1 atom stereocenters. The molecular weight excluding hydrogens is 356 g/mol. The molecular formula is C19H21ClN2O4. The number of anilines is 1. The lowest BCUT2D eigenvalue weighted by Gasteiger charge is -2.31. The number of likely N-dealkylation sites (tertiary alicyclic amines) is 1. The maximum Gasteiger partial charge on any atom is 0.289 e. The van der Waals surface area contributed by atoms with Gasteiger partial charge in [0, 0.05) is 24.2 Å². The number of hydrogen-bond donors (Lipinski definition) is 1. The van der Waals surface area contributed by atoms with Gasteiger partial charge in [-0.25, -0.2) is 0 Å². The molecule has 1 aromatic carbocycles. The molecule has 2 aromatic rings. The van der Waals surface area contributed by atoms with Gasteiger partial charge in [0.05, 0.1) is 25.0 Å². The summed E-state index contributed by atoms with van der Waals surface area (Å²) in [5.74, 6) is 0.187. The summed E-state index contributed by atoms with van der Waals surface area (Å²) < 4.78 is 10.5. The summed E-state index contributed by atoms with van der Waals surface area (Å²) in [6.45, 7) is 2.84. The van der Waals surface area contributed by atoms with Crippen molar-refractivity contribution in [1.29, 1.82) is 0 Å².